The first kappa shape index (κ1) is 17.1. The molecule has 1 heterocycles. The van der Waals surface area contributed by atoms with Crippen LogP contribution < -0.4 is 4.74 Å². The Balaban J connectivity index is 1.90. The number of hydrogen-bond donors (Lipinski definition) is 1. The van der Waals surface area contributed by atoms with Crippen LogP contribution in [0.1, 0.15) is 55.5 Å². The lowest BCUT2D eigenvalue weighted by atomic mass is 10.0. The van der Waals surface area contributed by atoms with Gasteiger partial charge in [0.2, 0.25) is 0 Å². The minimum atomic E-state index is -0.149. The summed E-state index contributed by atoms with van der Waals surface area (Å²) in [7, 11) is 0. The Bertz CT molecular complexity index is 602. The van der Waals surface area contributed by atoms with E-state index in [9.17, 15) is 9.90 Å². The molecule has 0 saturated carbocycles. The monoisotopic (exact) mass is 318 g/mol. The predicted octanol–water partition coefficient (Wildman–Crippen LogP) is 4.26. The van der Waals surface area contributed by atoms with Crippen LogP contribution in [0, 0.1) is 0 Å². The molecule has 0 radical (unpaired) electrons. The van der Waals surface area contributed by atoms with Gasteiger partial charge in [-0.05, 0) is 55.2 Å². The predicted molar refractivity (Wildman–Crippen MR) is 85.0 cm³/mol. The van der Waals surface area contributed by atoms with Crippen molar-refractivity contribution in [2.75, 3.05) is 6.61 Å². The first-order valence-corrected chi connectivity index (χ1v) is 7.92. The van der Waals surface area contributed by atoms with E-state index < -0.39 is 0 Å². The SMILES string of the molecule is CCCc1c(OCCCCC2N=NN=N2)ccc(C(C)=O)c1O. The number of carbonyl (C=O) groups is 1. The van der Waals surface area contributed by atoms with Crippen molar-refractivity contribution in [3.05, 3.63) is 23.3 Å². The molecule has 0 unspecified atom stereocenters. The standard InChI is InChI=1S/C16H22N4O3/c1-3-6-13-14(9-8-12(11(2)21)16(13)22)23-10-5-4-7-15-17-19-20-18-15/h8-9,15,22H,3-7,10H2,1-2H3. The number of carbonyl (C=O) groups excluding carboxylic acids is 1. The Morgan fingerprint density at radius 3 is 2.65 bits per heavy atom. The molecule has 1 aromatic rings. The zero-order valence-corrected chi connectivity index (χ0v) is 13.5. The zero-order chi connectivity index (χ0) is 16.7. The molecule has 7 heteroatoms. The maximum absolute atomic E-state index is 11.5. The first-order valence-electron chi connectivity index (χ1n) is 7.92. The summed E-state index contributed by atoms with van der Waals surface area (Å²) in [4.78, 5) is 11.5. The normalized spacial score (nSPS) is 13.7. The molecule has 23 heavy (non-hydrogen) atoms. The Labute approximate surface area is 135 Å². The van der Waals surface area contributed by atoms with Crippen LogP contribution in [-0.4, -0.2) is 23.7 Å². The smallest absolute Gasteiger partial charge is 0.185 e. The molecule has 0 aromatic heterocycles. The third-order valence-electron chi connectivity index (χ3n) is 3.64. The van der Waals surface area contributed by atoms with Gasteiger partial charge >= 0.3 is 0 Å². The number of nitrogens with zero attached hydrogens (tertiary/aromatic N) is 4. The summed E-state index contributed by atoms with van der Waals surface area (Å²) >= 11 is 0. The van der Waals surface area contributed by atoms with E-state index >= 15 is 0 Å². The number of unbranched alkanes of at least 4 members (excludes halogenated alkanes) is 1. The number of phenols is 1. The zero-order valence-electron chi connectivity index (χ0n) is 13.5. The van der Waals surface area contributed by atoms with Crippen LogP contribution in [-0.2, 0) is 6.42 Å². The topological polar surface area (TPSA) is 96.0 Å². The maximum atomic E-state index is 11.5. The van der Waals surface area contributed by atoms with Gasteiger partial charge in [-0.1, -0.05) is 13.3 Å². The lowest BCUT2D eigenvalue weighted by molar-refractivity contribution is 0.101. The van der Waals surface area contributed by atoms with Crippen LogP contribution in [0.5, 0.6) is 11.5 Å². The molecule has 1 aromatic carbocycles. The van der Waals surface area contributed by atoms with Gasteiger partial charge in [-0.2, -0.15) is 0 Å². The largest absolute Gasteiger partial charge is 0.507 e. The quantitative estimate of drug-likeness (QED) is 0.544. The van der Waals surface area contributed by atoms with Crippen molar-refractivity contribution in [1.29, 1.82) is 0 Å². The van der Waals surface area contributed by atoms with E-state index in [2.05, 4.69) is 20.7 Å². The molecule has 1 aliphatic heterocycles. The number of phenolic OH excluding ortho intramolecular Hbond substituents is 1. The fraction of sp³-hybridized carbons (Fsp3) is 0.562. The van der Waals surface area contributed by atoms with Crippen LogP contribution in [0.3, 0.4) is 0 Å². The van der Waals surface area contributed by atoms with E-state index in [0.717, 1.165) is 25.7 Å². The third kappa shape index (κ3) is 4.58. The van der Waals surface area contributed by atoms with Gasteiger partial charge in [-0.15, -0.1) is 10.2 Å². The summed E-state index contributed by atoms with van der Waals surface area (Å²) < 4.78 is 5.79. The number of aromatic hydroxyl groups is 1. The van der Waals surface area contributed by atoms with Crippen LogP contribution in [0.2, 0.25) is 0 Å². The van der Waals surface area contributed by atoms with Crippen molar-refractivity contribution in [2.45, 2.75) is 52.1 Å². The van der Waals surface area contributed by atoms with E-state index in [1.54, 1.807) is 12.1 Å². The van der Waals surface area contributed by atoms with Crippen molar-refractivity contribution < 1.29 is 14.6 Å². The lowest BCUT2D eigenvalue weighted by Crippen LogP contribution is -2.04. The van der Waals surface area contributed by atoms with Crippen molar-refractivity contribution in [2.24, 2.45) is 20.7 Å². The van der Waals surface area contributed by atoms with Gasteiger partial charge in [-0.25, -0.2) is 0 Å². The number of hydrogen-bond acceptors (Lipinski definition) is 7. The van der Waals surface area contributed by atoms with E-state index in [-0.39, 0.29) is 17.7 Å². The second-order valence-corrected chi connectivity index (χ2v) is 5.48. The van der Waals surface area contributed by atoms with Crippen molar-refractivity contribution in [1.82, 2.24) is 0 Å². The highest BCUT2D eigenvalue weighted by Crippen LogP contribution is 2.33. The second-order valence-electron chi connectivity index (χ2n) is 5.48. The molecule has 0 atom stereocenters. The van der Waals surface area contributed by atoms with Crippen LogP contribution in [0.25, 0.3) is 0 Å². The summed E-state index contributed by atoms with van der Waals surface area (Å²) in [5.74, 6) is 0.546. The fourth-order valence-electron chi connectivity index (χ4n) is 2.44. The molecule has 0 aliphatic carbocycles. The molecule has 1 N–H and O–H groups in total. The summed E-state index contributed by atoms with van der Waals surface area (Å²) in [5, 5.41) is 24.9. The van der Waals surface area contributed by atoms with E-state index in [1.165, 1.54) is 6.92 Å². The first-order chi connectivity index (χ1) is 11.1. The number of rotatable bonds is 9. The molecular weight excluding hydrogens is 296 g/mol. The van der Waals surface area contributed by atoms with Gasteiger partial charge in [0.1, 0.15) is 11.5 Å². The van der Waals surface area contributed by atoms with Crippen molar-refractivity contribution in [3.63, 3.8) is 0 Å². The fourth-order valence-corrected chi connectivity index (χ4v) is 2.44. The molecule has 124 valence electrons. The highest BCUT2D eigenvalue weighted by molar-refractivity contribution is 5.97. The molecule has 0 saturated heterocycles. The van der Waals surface area contributed by atoms with Gasteiger partial charge in [0, 0.05) is 5.56 Å². The minimum absolute atomic E-state index is 0.0450. The Morgan fingerprint density at radius 2 is 2.00 bits per heavy atom. The van der Waals surface area contributed by atoms with Gasteiger partial charge in [-0.3, -0.25) is 4.79 Å². The van der Waals surface area contributed by atoms with E-state index in [0.29, 0.717) is 29.9 Å². The summed E-state index contributed by atoms with van der Waals surface area (Å²) in [6.07, 6.45) is 3.94. The van der Waals surface area contributed by atoms with E-state index in [1.807, 2.05) is 6.92 Å². The molecular formula is C16H22N4O3. The summed E-state index contributed by atoms with van der Waals surface area (Å²) in [6.45, 7) is 4.01. The van der Waals surface area contributed by atoms with Crippen LogP contribution in [0.4, 0.5) is 0 Å². The molecule has 2 rings (SSSR count). The Morgan fingerprint density at radius 1 is 1.26 bits per heavy atom. The Hall–Kier alpha value is -2.31. The second kappa shape index (κ2) is 8.36. The van der Waals surface area contributed by atoms with Crippen molar-refractivity contribution >= 4 is 5.78 Å². The van der Waals surface area contributed by atoms with Crippen molar-refractivity contribution in [3.8, 4) is 11.5 Å². The third-order valence-corrected chi connectivity index (χ3v) is 3.64. The molecule has 0 amide bonds. The van der Waals surface area contributed by atoms with Gasteiger partial charge in [0.05, 0.1) is 12.2 Å². The van der Waals surface area contributed by atoms with Gasteiger partial charge in [0.25, 0.3) is 0 Å². The van der Waals surface area contributed by atoms with Crippen LogP contribution >= 0.6 is 0 Å². The summed E-state index contributed by atoms with van der Waals surface area (Å²) in [5.41, 5.74) is 1.05. The molecule has 0 spiro atoms. The number of ketones is 1. The van der Waals surface area contributed by atoms with Gasteiger partial charge < -0.3 is 9.84 Å². The number of benzene rings is 1. The van der Waals surface area contributed by atoms with Gasteiger partial charge in [0.15, 0.2) is 11.9 Å². The lowest BCUT2D eigenvalue weighted by Gasteiger charge is -2.14. The number of Topliss-reactive ketones (excluding diaryl/α,β-unsaturated/α-hetero) is 1. The minimum Gasteiger partial charge on any atom is -0.507 e. The maximum Gasteiger partial charge on any atom is 0.185 e. The highest BCUT2D eigenvalue weighted by atomic mass is 16.5. The molecule has 0 bridgehead atoms. The Kier molecular flexibility index (Phi) is 6.19. The highest BCUT2D eigenvalue weighted by Gasteiger charge is 2.16. The molecule has 0 fully saturated rings. The van der Waals surface area contributed by atoms with E-state index in [4.69, 9.17) is 4.74 Å². The number of ether oxygens (including phenoxy) is 1. The average Bonchev–Trinajstić information content (AvgIpc) is 3.03. The average molecular weight is 318 g/mol. The molecule has 7 nitrogen and oxygen atoms in total. The van der Waals surface area contributed by atoms with Crippen LogP contribution in [0.15, 0.2) is 32.8 Å². The summed E-state index contributed by atoms with van der Waals surface area (Å²) in [6, 6.07) is 3.38. The molecule has 1 aliphatic rings.